The van der Waals surface area contributed by atoms with Crippen LogP contribution in [0.5, 0.6) is 0 Å². The Balaban J connectivity index is 0.00000131. The van der Waals surface area contributed by atoms with Crippen molar-refractivity contribution < 1.29 is 4.79 Å². The Bertz CT molecular complexity index is 883. The number of anilines is 2. The van der Waals surface area contributed by atoms with Crippen molar-refractivity contribution in [2.75, 3.05) is 25.0 Å². The summed E-state index contributed by atoms with van der Waals surface area (Å²) in [6.45, 7) is 4.29. The van der Waals surface area contributed by atoms with Gasteiger partial charge in [-0.2, -0.15) is 0 Å². The largest absolute Gasteiger partial charge is 0.337 e. The molecule has 2 aromatic heterocycles. The fourth-order valence-corrected chi connectivity index (χ4v) is 5.16. The minimum atomic E-state index is 0. The van der Waals surface area contributed by atoms with Gasteiger partial charge in [0.2, 0.25) is 0 Å². The molecule has 1 saturated heterocycles. The molecule has 1 aliphatic heterocycles. The number of para-hydroxylation sites is 1. The highest BCUT2D eigenvalue weighted by molar-refractivity contribution is 7.29. The zero-order valence-corrected chi connectivity index (χ0v) is 18.1. The van der Waals surface area contributed by atoms with Crippen LogP contribution in [0.15, 0.2) is 36.4 Å². The molecule has 1 amide bonds. The van der Waals surface area contributed by atoms with E-state index in [-0.39, 0.29) is 36.1 Å². The van der Waals surface area contributed by atoms with Crippen LogP contribution in [-0.2, 0) is 0 Å². The summed E-state index contributed by atoms with van der Waals surface area (Å²) >= 11 is 3.04. The molecule has 4 rings (SSSR count). The Labute approximate surface area is 178 Å². The molecule has 1 fully saturated rings. The first-order valence-electron chi connectivity index (χ1n) is 8.28. The second-order valence-corrected chi connectivity index (χ2v) is 8.84. The maximum Gasteiger partial charge on any atom is 0.264 e. The van der Waals surface area contributed by atoms with Crippen molar-refractivity contribution in [3.8, 4) is 0 Å². The van der Waals surface area contributed by atoms with Crippen molar-refractivity contribution in [3.05, 3.63) is 41.3 Å². The summed E-state index contributed by atoms with van der Waals surface area (Å²) in [4.78, 5) is 21.0. The SMILES string of the molecule is CC1(CN)CCN(C(=O)c2cc3sc(Nc4ccccc4)nc3s2)C1.Cl.Cl. The van der Waals surface area contributed by atoms with Crippen molar-refractivity contribution in [1.29, 1.82) is 0 Å². The molecule has 0 radical (unpaired) electrons. The van der Waals surface area contributed by atoms with Gasteiger partial charge in [0.1, 0.15) is 4.83 Å². The van der Waals surface area contributed by atoms with E-state index >= 15 is 0 Å². The third kappa shape index (κ3) is 4.55. The number of nitrogens with zero attached hydrogens (tertiary/aromatic N) is 2. The van der Waals surface area contributed by atoms with Crippen LogP contribution in [0.25, 0.3) is 9.53 Å². The number of carbonyl (C=O) groups excluding carboxylic acids is 1. The number of nitrogens with two attached hydrogens (primary N) is 1. The van der Waals surface area contributed by atoms with Gasteiger partial charge in [0.25, 0.3) is 5.91 Å². The number of rotatable bonds is 4. The van der Waals surface area contributed by atoms with Gasteiger partial charge in [-0.3, -0.25) is 4.79 Å². The van der Waals surface area contributed by atoms with Crippen molar-refractivity contribution >= 4 is 73.7 Å². The summed E-state index contributed by atoms with van der Waals surface area (Å²) in [6.07, 6.45) is 0.971. The first-order chi connectivity index (χ1) is 12.1. The smallest absolute Gasteiger partial charge is 0.264 e. The van der Waals surface area contributed by atoms with Crippen LogP contribution in [0.2, 0.25) is 0 Å². The van der Waals surface area contributed by atoms with Gasteiger partial charge >= 0.3 is 0 Å². The fourth-order valence-electron chi connectivity index (χ4n) is 3.06. The first-order valence-corrected chi connectivity index (χ1v) is 9.91. The molecule has 5 nitrogen and oxygen atoms in total. The van der Waals surface area contributed by atoms with Gasteiger partial charge in [-0.1, -0.05) is 36.5 Å². The van der Waals surface area contributed by atoms with Gasteiger partial charge in [-0.05, 0) is 36.6 Å². The highest BCUT2D eigenvalue weighted by Crippen LogP contribution is 2.36. The monoisotopic (exact) mass is 444 g/mol. The number of benzene rings is 1. The molecule has 3 heterocycles. The van der Waals surface area contributed by atoms with E-state index in [0.29, 0.717) is 6.54 Å². The number of fused-ring (bicyclic) bond motifs is 1. The van der Waals surface area contributed by atoms with Gasteiger partial charge in [0, 0.05) is 18.8 Å². The molecular formula is C18H22Cl2N4OS2. The number of nitrogens with one attached hydrogen (secondary N) is 1. The number of carbonyl (C=O) groups is 1. The van der Waals surface area contributed by atoms with Crippen molar-refractivity contribution in [3.63, 3.8) is 0 Å². The Morgan fingerprint density at radius 2 is 2.04 bits per heavy atom. The standard InChI is InChI=1S/C18H20N4OS2.2ClH/c1-18(10-19)7-8-22(11-18)16(23)14-9-13-15(24-14)21-17(25-13)20-12-5-3-2-4-6-12;;/h2-6,9H,7-8,10-11,19H2,1H3,(H,20,21);2*1H. The molecule has 3 N–H and O–H groups in total. The molecule has 0 bridgehead atoms. The van der Waals surface area contributed by atoms with E-state index in [1.165, 1.54) is 11.3 Å². The zero-order valence-electron chi connectivity index (χ0n) is 14.8. The van der Waals surface area contributed by atoms with Crippen LogP contribution >= 0.6 is 47.5 Å². The Morgan fingerprint density at radius 3 is 2.67 bits per heavy atom. The number of aromatic nitrogens is 1. The van der Waals surface area contributed by atoms with Crippen LogP contribution in [0.3, 0.4) is 0 Å². The first kappa shape index (κ1) is 21.9. The zero-order chi connectivity index (χ0) is 17.4. The van der Waals surface area contributed by atoms with E-state index in [0.717, 1.165) is 44.7 Å². The molecule has 0 saturated carbocycles. The van der Waals surface area contributed by atoms with Gasteiger partial charge < -0.3 is 16.0 Å². The highest BCUT2D eigenvalue weighted by atomic mass is 35.5. The Hall–Kier alpha value is -1.38. The third-order valence-corrected chi connectivity index (χ3v) is 6.73. The average molecular weight is 445 g/mol. The van der Waals surface area contributed by atoms with E-state index < -0.39 is 0 Å². The number of amides is 1. The average Bonchev–Trinajstić information content (AvgIpc) is 3.29. The lowest BCUT2D eigenvalue weighted by molar-refractivity contribution is 0.0782. The quantitative estimate of drug-likeness (QED) is 0.608. The van der Waals surface area contributed by atoms with Crippen LogP contribution in [0.4, 0.5) is 10.8 Å². The van der Waals surface area contributed by atoms with Gasteiger partial charge in [0.05, 0.1) is 9.58 Å². The second kappa shape index (κ2) is 8.75. The molecular weight excluding hydrogens is 423 g/mol. The molecule has 3 aromatic rings. The number of thiazole rings is 1. The summed E-state index contributed by atoms with van der Waals surface area (Å²) < 4.78 is 1.05. The molecule has 146 valence electrons. The molecule has 1 atom stereocenters. The maximum atomic E-state index is 12.8. The number of halogens is 2. The number of thiophene rings is 1. The predicted molar refractivity (Wildman–Crippen MR) is 119 cm³/mol. The summed E-state index contributed by atoms with van der Waals surface area (Å²) in [6, 6.07) is 11.9. The van der Waals surface area contributed by atoms with Crippen molar-refractivity contribution in [2.24, 2.45) is 11.1 Å². The van der Waals surface area contributed by atoms with Crippen molar-refractivity contribution in [2.45, 2.75) is 13.3 Å². The van der Waals surface area contributed by atoms with E-state index in [1.54, 1.807) is 11.3 Å². The number of hydrogen-bond donors (Lipinski definition) is 2. The minimum absolute atomic E-state index is 0. The van der Waals surface area contributed by atoms with E-state index in [9.17, 15) is 4.79 Å². The Morgan fingerprint density at radius 1 is 1.30 bits per heavy atom. The van der Waals surface area contributed by atoms with E-state index in [1.807, 2.05) is 41.3 Å². The number of likely N-dealkylation sites (tertiary alicyclic amines) is 1. The van der Waals surface area contributed by atoms with Crippen LogP contribution < -0.4 is 11.1 Å². The summed E-state index contributed by atoms with van der Waals surface area (Å²) in [5.41, 5.74) is 6.91. The molecule has 9 heteroatoms. The molecule has 1 unspecified atom stereocenters. The normalized spacial score (nSPS) is 18.8. The van der Waals surface area contributed by atoms with Gasteiger partial charge in [0.15, 0.2) is 5.13 Å². The maximum absolute atomic E-state index is 12.8. The van der Waals surface area contributed by atoms with Crippen LogP contribution in [-0.4, -0.2) is 35.4 Å². The number of hydrogen-bond acceptors (Lipinski definition) is 6. The van der Waals surface area contributed by atoms with Crippen LogP contribution in [0.1, 0.15) is 23.0 Å². The lowest BCUT2D eigenvalue weighted by Gasteiger charge is -2.22. The summed E-state index contributed by atoms with van der Waals surface area (Å²) in [7, 11) is 0. The van der Waals surface area contributed by atoms with E-state index in [4.69, 9.17) is 5.73 Å². The minimum Gasteiger partial charge on any atom is -0.337 e. The second-order valence-electron chi connectivity index (χ2n) is 6.78. The molecule has 0 spiro atoms. The van der Waals surface area contributed by atoms with Crippen LogP contribution in [0, 0.1) is 5.41 Å². The highest BCUT2D eigenvalue weighted by Gasteiger charge is 2.35. The fraction of sp³-hybridized carbons (Fsp3) is 0.333. The molecule has 1 aliphatic rings. The van der Waals surface area contributed by atoms with Gasteiger partial charge in [-0.25, -0.2) is 4.98 Å². The lowest BCUT2D eigenvalue weighted by Crippen LogP contribution is -2.34. The van der Waals surface area contributed by atoms with Gasteiger partial charge in [-0.15, -0.1) is 36.2 Å². The molecule has 1 aromatic carbocycles. The lowest BCUT2D eigenvalue weighted by atomic mass is 9.90. The van der Waals surface area contributed by atoms with Crippen molar-refractivity contribution in [1.82, 2.24) is 9.88 Å². The summed E-state index contributed by atoms with van der Waals surface area (Å²) in [5, 5.41) is 4.16. The third-order valence-electron chi connectivity index (χ3n) is 4.66. The summed E-state index contributed by atoms with van der Waals surface area (Å²) in [5.74, 6) is 0.102. The van der Waals surface area contributed by atoms with E-state index in [2.05, 4.69) is 17.2 Å². The Kier molecular flexibility index (Phi) is 7.10. The molecule has 0 aliphatic carbocycles. The molecule has 27 heavy (non-hydrogen) atoms. The topological polar surface area (TPSA) is 71.2 Å². The predicted octanol–water partition coefficient (Wildman–Crippen LogP) is 4.76.